The molecule has 3 heterocycles. The largest absolute Gasteiger partial charge is 0.497 e. The number of likely N-dealkylation sites (N-methyl/N-ethyl adjacent to an activating group) is 1. The van der Waals surface area contributed by atoms with Crippen LogP contribution in [0.1, 0.15) is 41.3 Å². The summed E-state index contributed by atoms with van der Waals surface area (Å²) < 4.78 is 80.3. The van der Waals surface area contributed by atoms with Gasteiger partial charge in [0.05, 0.1) is 12.8 Å². The standard InChI is InChI=1S/C31H31ClF5N5O3/c1-16-13-41(14-17(2)40(16)3)24-9-10-38-28(26(24)31(35,36)37)42-15-21(25-22(33)11-20(45-4)12-23(25)34)27(30(42)44)39-29(43)18-5-7-19(32)8-6-18/h5-12,16-17,21,27H,13-15H2,1-4H3,(H,39,43)/t16-,17+,21-,27-/m0/s1. The third kappa shape index (κ3) is 6.28. The normalized spacial score (nSPS) is 22.6. The number of hydrogen-bond donors (Lipinski definition) is 1. The van der Waals surface area contributed by atoms with Crippen LogP contribution in [0.15, 0.2) is 48.7 Å². The number of methoxy groups -OCH3 is 1. The van der Waals surface area contributed by atoms with Gasteiger partial charge in [-0.2, -0.15) is 13.2 Å². The third-order valence-electron chi connectivity index (χ3n) is 8.51. The van der Waals surface area contributed by atoms with E-state index in [0.29, 0.717) is 5.02 Å². The van der Waals surface area contributed by atoms with Crippen LogP contribution < -0.4 is 19.9 Å². The summed E-state index contributed by atoms with van der Waals surface area (Å²) in [6.45, 7) is 3.77. The number of aromatic nitrogens is 1. The second-order valence-corrected chi connectivity index (χ2v) is 11.7. The summed E-state index contributed by atoms with van der Waals surface area (Å²) in [5.41, 5.74) is -1.82. The number of carbonyl (C=O) groups excluding carboxylic acids is 2. The highest BCUT2D eigenvalue weighted by Crippen LogP contribution is 2.45. The minimum absolute atomic E-state index is 0.0715. The molecule has 2 aliphatic heterocycles. The Bertz CT molecular complexity index is 1570. The summed E-state index contributed by atoms with van der Waals surface area (Å²) in [6, 6.07) is 6.90. The van der Waals surface area contributed by atoms with Crippen LogP contribution in [0.3, 0.4) is 0 Å². The van der Waals surface area contributed by atoms with E-state index in [2.05, 4.69) is 15.2 Å². The van der Waals surface area contributed by atoms with Gasteiger partial charge in [0, 0.05) is 72.1 Å². The first-order valence-corrected chi connectivity index (χ1v) is 14.5. The Morgan fingerprint density at radius 2 is 1.62 bits per heavy atom. The molecule has 2 aliphatic rings. The molecule has 4 atom stereocenters. The van der Waals surface area contributed by atoms with Crippen molar-refractivity contribution in [3.05, 3.63) is 82.0 Å². The van der Waals surface area contributed by atoms with Crippen molar-refractivity contribution in [2.45, 2.75) is 44.1 Å². The highest BCUT2D eigenvalue weighted by molar-refractivity contribution is 6.30. The van der Waals surface area contributed by atoms with Crippen LogP contribution in [-0.2, 0) is 11.0 Å². The van der Waals surface area contributed by atoms with Crippen LogP contribution in [-0.4, -0.2) is 73.6 Å². The maximum Gasteiger partial charge on any atom is 0.421 e. The van der Waals surface area contributed by atoms with Crippen molar-refractivity contribution < 1.29 is 36.3 Å². The zero-order chi connectivity index (χ0) is 32.8. The predicted octanol–water partition coefficient (Wildman–Crippen LogP) is 5.50. The Kier molecular flexibility index (Phi) is 8.96. The molecule has 0 bridgehead atoms. The fourth-order valence-corrected chi connectivity index (χ4v) is 6.11. The Balaban J connectivity index is 1.60. The van der Waals surface area contributed by atoms with E-state index in [1.54, 1.807) is 4.90 Å². The van der Waals surface area contributed by atoms with Gasteiger partial charge in [-0.25, -0.2) is 13.8 Å². The van der Waals surface area contributed by atoms with Crippen molar-refractivity contribution in [1.29, 1.82) is 0 Å². The minimum atomic E-state index is -4.95. The van der Waals surface area contributed by atoms with E-state index in [1.807, 2.05) is 20.9 Å². The number of carbonyl (C=O) groups is 2. The molecule has 2 saturated heterocycles. The first-order valence-electron chi connectivity index (χ1n) is 14.1. The predicted molar refractivity (Wildman–Crippen MR) is 159 cm³/mol. The van der Waals surface area contributed by atoms with E-state index in [9.17, 15) is 22.8 Å². The molecular formula is C31H31ClF5N5O3. The summed E-state index contributed by atoms with van der Waals surface area (Å²) in [5.74, 6) is -6.25. The van der Waals surface area contributed by atoms with Crippen molar-refractivity contribution in [3.63, 3.8) is 0 Å². The highest BCUT2D eigenvalue weighted by Gasteiger charge is 2.49. The maximum absolute atomic E-state index is 15.4. The number of alkyl halides is 3. The van der Waals surface area contributed by atoms with Gasteiger partial charge in [0.2, 0.25) is 0 Å². The van der Waals surface area contributed by atoms with Gasteiger partial charge in [-0.1, -0.05) is 11.6 Å². The second-order valence-electron chi connectivity index (χ2n) is 11.3. The quantitative estimate of drug-likeness (QED) is 0.355. The number of rotatable bonds is 6. The molecule has 2 aromatic carbocycles. The molecule has 0 radical (unpaired) electrons. The molecule has 0 saturated carbocycles. The number of nitrogens with zero attached hydrogens (tertiary/aromatic N) is 4. The zero-order valence-corrected chi connectivity index (χ0v) is 25.6. The van der Waals surface area contributed by atoms with E-state index < -0.39 is 65.1 Å². The van der Waals surface area contributed by atoms with Crippen molar-refractivity contribution in [3.8, 4) is 5.75 Å². The van der Waals surface area contributed by atoms with E-state index >= 15 is 8.78 Å². The zero-order valence-electron chi connectivity index (χ0n) is 24.8. The molecule has 0 aliphatic carbocycles. The maximum atomic E-state index is 15.4. The fraction of sp³-hybridized carbons (Fsp3) is 0.387. The van der Waals surface area contributed by atoms with Crippen LogP contribution >= 0.6 is 11.6 Å². The van der Waals surface area contributed by atoms with Crippen LogP contribution in [0.4, 0.5) is 33.5 Å². The second kappa shape index (κ2) is 12.4. The van der Waals surface area contributed by atoms with Gasteiger partial charge in [0.15, 0.2) is 0 Å². The smallest absolute Gasteiger partial charge is 0.421 e. The van der Waals surface area contributed by atoms with Crippen LogP contribution in [0, 0.1) is 11.6 Å². The molecular weight excluding hydrogens is 621 g/mol. The van der Waals surface area contributed by atoms with Crippen molar-refractivity contribution in [1.82, 2.24) is 15.2 Å². The summed E-state index contributed by atoms with van der Waals surface area (Å²) in [6.07, 6.45) is -3.78. The Labute approximate surface area is 261 Å². The third-order valence-corrected chi connectivity index (χ3v) is 8.77. The summed E-state index contributed by atoms with van der Waals surface area (Å²) >= 11 is 5.91. The Morgan fingerprint density at radius 3 is 2.18 bits per heavy atom. The summed E-state index contributed by atoms with van der Waals surface area (Å²) in [7, 11) is 3.11. The molecule has 14 heteroatoms. The van der Waals surface area contributed by atoms with Crippen molar-refractivity contribution in [2.24, 2.45) is 0 Å². The first-order chi connectivity index (χ1) is 21.2. The molecule has 2 amide bonds. The molecule has 2 fully saturated rings. The molecule has 5 rings (SSSR count). The number of halogens is 6. The molecule has 45 heavy (non-hydrogen) atoms. The number of nitrogens with one attached hydrogen (secondary N) is 1. The number of piperazine rings is 1. The average Bonchev–Trinajstić information content (AvgIpc) is 3.29. The van der Waals surface area contributed by atoms with E-state index in [1.165, 1.54) is 43.6 Å². The lowest BCUT2D eigenvalue weighted by Crippen LogP contribution is -2.55. The van der Waals surface area contributed by atoms with E-state index in [-0.39, 0.29) is 42.2 Å². The molecule has 1 aromatic heterocycles. The topological polar surface area (TPSA) is 78.0 Å². The molecule has 0 spiro atoms. The lowest BCUT2D eigenvalue weighted by Gasteiger charge is -2.44. The SMILES string of the molecule is COc1cc(F)c([C@@H]2CN(c3nccc(N4C[C@@H](C)N(C)[C@@H](C)C4)c3C(F)(F)F)C(=O)[C@H]2NC(=O)c2ccc(Cl)cc2)c(F)c1. The van der Waals surface area contributed by atoms with Gasteiger partial charge in [-0.05, 0) is 51.2 Å². The average molecular weight is 652 g/mol. The van der Waals surface area contributed by atoms with E-state index in [4.69, 9.17) is 16.3 Å². The number of anilines is 2. The summed E-state index contributed by atoms with van der Waals surface area (Å²) in [4.78, 5) is 35.5. The number of ether oxygens (including phenoxy) is 1. The minimum Gasteiger partial charge on any atom is -0.497 e. The van der Waals surface area contributed by atoms with Crippen LogP contribution in [0.25, 0.3) is 0 Å². The summed E-state index contributed by atoms with van der Waals surface area (Å²) in [5, 5.41) is 2.82. The fourth-order valence-electron chi connectivity index (χ4n) is 5.98. The van der Waals surface area contributed by atoms with Gasteiger partial charge >= 0.3 is 6.18 Å². The van der Waals surface area contributed by atoms with E-state index in [0.717, 1.165) is 17.0 Å². The first kappa shape index (κ1) is 32.4. The van der Waals surface area contributed by atoms with Gasteiger partial charge in [0.1, 0.15) is 34.8 Å². The molecule has 240 valence electrons. The lowest BCUT2D eigenvalue weighted by molar-refractivity contribution is -0.137. The highest BCUT2D eigenvalue weighted by atomic mass is 35.5. The number of amides is 2. The Morgan fingerprint density at radius 1 is 1.02 bits per heavy atom. The molecule has 0 unspecified atom stereocenters. The monoisotopic (exact) mass is 651 g/mol. The van der Waals surface area contributed by atoms with Gasteiger partial charge in [0.25, 0.3) is 11.8 Å². The molecule has 1 N–H and O–H groups in total. The van der Waals surface area contributed by atoms with Gasteiger partial charge < -0.3 is 15.0 Å². The Hall–Kier alpha value is -3.97. The molecule has 3 aromatic rings. The van der Waals surface area contributed by atoms with Crippen LogP contribution in [0.2, 0.25) is 5.02 Å². The lowest BCUT2D eigenvalue weighted by atomic mass is 9.92. The molecule has 8 nitrogen and oxygen atoms in total. The van der Waals surface area contributed by atoms with Gasteiger partial charge in [-0.15, -0.1) is 0 Å². The van der Waals surface area contributed by atoms with Gasteiger partial charge in [-0.3, -0.25) is 19.4 Å². The number of benzene rings is 2. The van der Waals surface area contributed by atoms with Crippen LogP contribution in [0.5, 0.6) is 5.75 Å². The number of pyridine rings is 1. The van der Waals surface area contributed by atoms with Crippen molar-refractivity contribution in [2.75, 3.05) is 43.6 Å². The van der Waals surface area contributed by atoms with Crippen molar-refractivity contribution >= 4 is 34.9 Å². The number of hydrogen-bond acceptors (Lipinski definition) is 6.